The summed E-state index contributed by atoms with van der Waals surface area (Å²) >= 11 is 0.928. The monoisotopic (exact) mass is 319 g/mol. The summed E-state index contributed by atoms with van der Waals surface area (Å²) in [6.07, 6.45) is 0.0362. The molecule has 0 bridgehead atoms. The van der Waals surface area contributed by atoms with Gasteiger partial charge in [0.2, 0.25) is 5.91 Å². The van der Waals surface area contributed by atoms with Crippen molar-refractivity contribution < 1.29 is 29.4 Å². The molecule has 21 heavy (non-hydrogen) atoms. The van der Waals surface area contributed by atoms with Gasteiger partial charge in [0.25, 0.3) is 0 Å². The molecule has 8 heteroatoms. The Morgan fingerprint density at radius 1 is 1.14 bits per heavy atom. The third kappa shape index (κ3) is 8.34. The fourth-order valence-electron chi connectivity index (χ4n) is 1.53. The number of aliphatic carboxylic acids is 2. The lowest BCUT2D eigenvalue weighted by atomic mass is 10.0. The Bertz CT molecular complexity index is 409. The zero-order valence-electron chi connectivity index (χ0n) is 12.4. The van der Waals surface area contributed by atoms with E-state index >= 15 is 0 Å². The zero-order valence-corrected chi connectivity index (χ0v) is 13.2. The quantitative estimate of drug-likeness (QED) is 0.610. The van der Waals surface area contributed by atoms with Gasteiger partial charge < -0.3 is 15.1 Å². The van der Waals surface area contributed by atoms with Crippen LogP contribution in [0.1, 0.15) is 26.2 Å². The van der Waals surface area contributed by atoms with Crippen LogP contribution in [0.15, 0.2) is 0 Å². The molecule has 0 aromatic rings. The van der Waals surface area contributed by atoms with Gasteiger partial charge in [0, 0.05) is 32.2 Å². The predicted molar refractivity (Wildman–Crippen MR) is 78.2 cm³/mol. The topological polar surface area (TPSA) is 112 Å². The van der Waals surface area contributed by atoms with Crippen LogP contribution in [-0.4, -0.2) is 63.8 Å². The Morgan fingerprint density at radius 3 is 2.10 bits per heavy atom. The maximum absolute atomic E-state index is 11.5. The molecule has 7 nitrogen and oxygen atoms in total. The number of nitrogens with zero attached hydrogens (tertiary/aromatic N) is 1. The first kappa shape index (κ1) is 19.4. The number of Topliss-reactive ketones (excluding diaryl/α,β-unsaturated/α-hetero) is 1. The second kappa shape index (κ2) is 9.38. The van der Waals surface area contributed by atoms with E-state index in [4.69, 9.17) is 10.2 Å². The van der Waals surface area contributed by atoms with Crippen molar-refractivity contribution in [1.29, 1.82) is 0 Å². The average molecular weight is 319 g/mol. The number of ketones is 1. The number of rotatable bonds is 10. The third-order valence-corrected chi connectivity index (χ3v) is 4.28. The van der Waals surface area contributed by atoms with Crippen molar-refractivity contribution in [2.75, 3.05) is 19.8 Å². The molecule has 120 valence electrons. The van der Waals surface area contributed by atoms with Crippen LogP contribution in [0.25, 0.3) is 0 Å². The molecule has 0 aromatic carbocycles. The number of carbonyl (C=O) groups is 4. The Kier molecular flexibility index (Phi) is 8.68. The van der Waals surface area contributed by atoms with Gasteiger partial charge in [-0.05, 0) is 13.3 Å². The van der Waals surface area contributed by atoms with Crippen LogP contribution in [0, 0.1) is 5.92 Å². The van der Waals surface area contributed by atoms with E-state index in [0.29, 0.717) is 6.42 Å². The first-order valence-corrected chi connectivity index (χ1v) is 7.46. The molecule has 0 aliphatic rings. The van der Waals surface area contributed by atoms with Gasteiger partial charge in [0.15, 0.2) is 0 Å². The highest BCUT2D eigenvalue weighted by Gasteiger charge is 2.25. The standard InChI is InChI=1S/C13H21NO6S/c1-8(15)9(4-5-11(16)14(2)3)7-21-10(13(19)20)6-12(17)18/h9-10H,4-7H2,1-3H3,(H,17,18)(H,19,20). The highest BCUT2D eigenvalue weighted by Crippen LogP contribution is 2.22. The van der Waals surface area contributed by atoms with E-state index in [2.05, 4.69) is 0 Å². The molecule has 0 saturated heterocycles. The minimum absolute atomic E-state index is 0.105. The Morgan fingerprint density at radius 2 is 1.71 bits per heavy atom. The number of thioether (sulfide) groups is 1. The van der Waals surface area contributed by atoms with Crippen molar-refractivity contribution in [2.45, 2.75) is 31.4 Å². The molecule has 0 aromatic heterocycles. The van der Waals surface area contributed by atoms with E-state index in [9.17, 15) is 19.2 Å². The summed E-state index contributed by atoms with van der Waals surface area (Å²) in [7, 11) is 3.24. The summed E-state index contributed by atoms with van der Waals surface area (Å²) in [5, 5.41) is 16.5. The van der Waals surface area contributed by atoms with Crippen molar-refractivity contribution in [3.05, 3.63) is 0 Å². The molecule has 0 rings (SSSR count). The number of hydrogen-bond acceptors (Lipinski definition) is 5. The van der Waals surface area contributed by atoms with Gasteiger partial charge in [0.1, 0.15) is 11.0 Å². The average Bonchev–Trinajstić information content (AvgIpc) is 2.35. The number of hydrogen-bond donors (Lipinski definition) is 2. The normalized spacial score (nSPS) is 13.3. The van der Waals surface area contributed by atoms with E-state index < -0.39 is 29.5 Å². The SMILES string of the molecule is CC(=O)C(CCC(=O)N(C)C)CSC(CC(=O)O)C(=O)O. The van der Waals surface area contributed by atoms with Gasteiger partial charge in [-0.3, -0.25) is 19.2 Å². The summed E-state index contributed by atoms with van der Waals surface area (Å²) in [6.45, 7) is 1.39. The molecule has 1 amide bonds. The highest BCUT2D eigenvalue weighted by atomic mass is 32.2. The number of carboxylic acid groups (broad SMARTS) is 2. The van der Waals surface area contributed by atoms with Crippen LogP contribution >= 0.6 is 11.8 Å². The fourth-order valence-corrected chi connectivity index (χ4v) is 2.80. The summed E-state index contributed by atoms with van der Waals surface area (Å²) < 4.78 is 0. The van der Waals surface area contributed by atoms with Crippen molar-refractivity contribution in [2.24, 2.45) is 5.92 Å². The molecule has 0 spiro atoms. The number of carbonyl (C=O) groups excluding carboxylic acids is 2. The molecule has 0 aliphatic heterocycles. The van der Waals surface area contributed by atoms with E-state index in [1.165, 1.54) is 11.8 Å². The van der Waals surface area contributed by atoms with E-state index in [-0.39, 0.29) is 23.9 Å². The third-order valence-electron chi connectivity index (χ3n) is 2.91. The van der Waals surface area contributed by atoms with Gasteiger partial charge in [-0.15, -0.1) is 11.8 Å². The molecular formula is C13H21NO6S. The molecule has 0 radical (unpaired) electrons. The van der Waals surface area contributed by atoms with Crippen LogP contribution in [0.5, 0.6) is 0 Å². The molecule has 2 unspecified atom stereocenters. The molecule has 2 N–H and O–H groups in total. The fraction of sp³-hybridized carbons (Fsp3) is 0.692. The van der Waals surface area contributed by atoms with Crippen molar-refractivity contribution in [3.63, 3.8) is 0 Å². The lowest BCUT2D eigenvalue weighted by molar-refractivity contribution is -0.142. The maximum atomic E-state index is 11.5. The van der Waals surface area contributed by atoms with Crippen molar-refractivity contribution in [3.8, 4) is 0 Å². The summed E-state index contributed by atoms with van der Waals surface area (Å²) in [5.74, 6) is -2.90. The van der Waals surface area contributed by atoms with Crippen LogP contribution in [0.3, 0.4) is 0 Å². The predicted octanol–water partition coefficient (Wildman–Crippen LogP) is 0.721. The van der Waals surface area contributed by atoms with Gasteiger partial charge in [-0.1, -0.05) is 0 Å². The van der Waals surface area contributed by atoms with Gasteiger partial charge >= 0.3 is 11.9 Å². The minimum atomic E-state index is -1.21. The zero-order chi connectivity index (χ0) is 16.6. The van der Waals surface area contributed by atoms with Gasteiger partial charge in [-0.25, -0.2) is 0 Å². The molecule has 0 saturated carbocycles. The molecule has 2 atom stereocenters. The lowest BCUT2D eigenvalue weighted by Crippen LogP contribution is -2.26. The molecule has 0 heterocycles. The Balaban J connectivity index is 4.49. The first-order chi connectivity index (χ1) is 9.65. The van der Waals surface area contributed by atoms with Gasteiger partial charge in [-0.2, -0.15) is 0 Å². The summed E-state index contributed by atoms with van der Waals surface area (Å²) in [5.41, 5.74) is 0. The molecule has 0 fully saturated rings. The number of carboxylic acids is 2. The van der Waals surface area contributed by atoms with E-state index in [1.54, 1.807) is 14.1 Å². The molecule has 0 aliphatic carbocycles. The van der Waals surface area contributed by atoms with Crippen molar-refractivity contribution >= 4 is 35.4 Å². The van der Waals surface area contributed by atoms with E-state index in [1.807, 2.05) is 0 Å². The second-order valence-corrected chi connectivity index (χ2v) is 6.13. The summed E-state index contributed by atoms with van der Waals surface area (Å²) in [4.78, 5) is 46.0. The van der Waals surface area contributed by atoms with Crippen molar-refractivity contribution in [1.82, 2.24) is 4.90 Å². The highest BCUT2D eigenvalue weighted by molar-refractivity contribution is 8.00. The van der Waals surface area contributed by atoms with Crippen LogP contribution < -0.4 is 0 Å². The lowest BCUT2D eigenvalue weighted by Gasteiger charge is -2.17. The smallest absolute Gasteiger partial charge is 0.317 e. The van der Waals surface area contributed by atoms with Crippen LogP contribution in [0.4, 0.5) is 0 Å². The second-order valence-electron chi connectivity index (χ2n) is 4.89. The Hall–Kier alpha value is -1.57. The van der Waals surface area contributed by atoms with Crippen LogP contribution in [0.2, 0.25) is 0 Å². The Labute approximate surface area is 127 Å². The minimum Gasteiger partial charge on any atom is -0.481 e. The number of amides is 1. The van der Waals surface area contributed by atoms with Gasteiger partial charge in [0.05, 0.1) is 6.42 Å². The van der Waals surface area contributed by atoms with Crippen LogP contribution in [-0.2, 0) is 19.2 Å². The largest absolute Gasteiger partial charge is 0.481 e. The molecular weight excluding hydrogens is 298 g/mol. The maximum Gasteiger partial charge on any atom is 0.317 e. The van der Waals surface area contributed by atoms with E-state index in [0.717, 1.165) is 11.8 Å². The first-order valence-electron chi connectivity index (χ1n) is 6.42. The summed E-state index contributed by atoms with van der Waals surface area (Å²) in [6, 6.07) is 0.